The van der Waals surface area contributed by atoms with Crippen LogP contribution in [0.5, 0.6) is 0 Å². The molecule has 4 aromatic rings. The molecule has 1 atom stereocenters. The number of hydrogen-bond donors (Lipinski definition) is 1. The number of benzene rings is 3. The van der Waals surface area contributed by atoms with Gasteiger partial charge >= 0.3 is 0 Å². The number of pyridine rings is 1. The largest absolute Gasteiger partial charge is 0.350 e. The molecule has 4 rings (SSSR count). The van der Waals surface area contributed by atoms with Gasteiger partial charge in [-0.15, -0.1) is 0 Å². The van der Waals surface area contributed by atoms with Gasteiger partial charge in [-0.1, -0.05) is 77.8 Å². The maximum atomic E-state index is 13.8. The summed E-state index contributed by atoms with van der Waals surface area (Å²) in [4.78, 5) is 33.1. The fourth-order valence-corrected chi connectivity index (χ4v) is 4.28. The van der Waals surface area contributed by atoms with Crippen molar-refractivity contribution in [3.8, 4) is 0 Å². The molecule has 0 unspecified atom stereocenters. The minimum Gasteiger partial charge on any atom is -0.350 e. The summed E-state index contributed by atoms with van der Waals surface area (Å²) in [6.45, 7) is 0.608. The van der Waals surface area contributed by atoms with Gasteiger partial charge in [-0.05, 0) is 58.7 Å². The number of hydrogen-bond acceptors (Lipinski definition) is 3. The molecule has 5 nitrogen and oxygen atoms in total. The normalized spacial score (nSPS) is 11.5. The van der Waals surface area contributed by atoms with Crippen LogP contribution in [0.25, 0.3) is 0 Å². The Bertz CT molecular complexity index is 1300. The van der Waals surface area contributed by atoms with Crippen LogP contribution in [0.2, 0.25) is 10.0 Å². The molecular weight excluding hydrogens is 505 g/mol. The molecular formula is C30H27Cl2N3O2. The van der Waals surface area contributed by atoms with E-state index in [1.165, 1.54) is 0 Å². The Kier molecular flexibility index (Phi) is 9.30. The van der Waals surface area contributed by atoms with Crippen LogP contribution in [-0.4, -0.2) is 27.7 Å². The first-order chi connectivity index (χ1) is 18.0. The topological polar surface area (TPSA) is 62.3 Å². The van der Waals surface area contributed by atoms with E-state index < -0.39 is 6.04 Å². The van der Waals surface area contributed by atoms with Crippen molar-refractivity contribution in [2.75, 3.05) is 0 Å². The molecule has 2 amide bonds. The van der Waals surface area contributed by atoms with Gasteiger partial charge in [0.25, 0.3) is 0 Å². The van der Waals surface area contributed by atoms with E-state index in [4.69, 9.17) is 23.2 Å². The standard InChI is InChI=1S/C30H27Cl2N3O2/c31-26-10-6-23(7-11-26)19-29(36)35(21-25-8-12-27(32)13-9-25)28(18-22-4-2-1-3-5-22)30(37)34-20-24-14-16-33-17-15-24/h1-17,28H,18-21H2,(H,34,37)/t28-/m1/s1. The Labute approximate surface area is 227 Å². The summed E-state index contributed by atoms with van der Waals surface area (Å²) < 4.78 is 0. The predicted octanol–water partition coefficient (Wildman–Crippen LogP) is 5.89. The molecule has 1 N–H and O–H groups in total. The van der Waals surface area contributed by atoms with Crippen molar-refractivity contribution in [2.24, 2.45) is 0 Å². The monoisotopic (exact) mass is 531 g/mol. The van der Waals surface area contributed by atoms with E-state index in [0.29, 0.717) is 23.0 Å². The number of carbonyl (C=O) groups is 2. The first kappa shape index (κ1) is 26.4. The molecule has 0 aliphatic carbocycles. The molecule has 1 heterocycles. The summed E-state index contributed by atoms with van der Waals surface area (Å²) in [7, 11) is 0. The molecule has 0 aliphatic rings. The highest BCUT2D eigenvalue weighted by atomic mass is 35.5. The van der Waals surface area contributed by atoms with Crippen LogP contribution in [0.1, 0.15) is 22.3 Å². The Morgan fingerprint density at radius 1 is 0.730 bits per heavy atom. The third kappa shape index (κ3) is 7.91. The zero-order chi connectivity index (χ0) is 26.0. The minimum absolute atomic E-state index is 0.147. The summed E-state index contributed by atoms with van der Waals surface area (Å²) in [5, 5.41) is 4.24. The second-order valence-corrected chi connectivity index (χ2v) is 9.60. The third-order valence-corrected chi connectivity index (χ3v) is 6.53. The van der Waals surface area contributed by atoms with E-state index in [9.17, 15) is 9.59 Å². The van der Waals surface area contributed by atoms with Crippen molar-refractivity contribution in [1.29, 1.82) is 0 Å². The molecule has 0 aliphatic heterocycles. The lowest BCUT2D eigenvalue weighted by Crippen LogP contribution is -2.50. The van der Waals surface area contributed by atoms with Gasteiger partial charge in [0.15, 0.2) is 0 Å². The summed E-state index contributed by atoms with van der Waals surface area (Å²) in [6, 6.07) is 27.2. The first-order valence-corrected chi connectivity index (χ1v) is 12.7. The fraction of sp³-hybridized carbons (Fsp3) is 0.167. The highest BCUT2D eigenvalue weighted by Crippen LogP contribution is 2.19. The van der Waals surface area contributed by atoms with Crippen molar-refractivity contribution in [1.82, 2.24) is 15.2 Å². The number of aromatic nitrogens is 1. The van der Waals surface area contributed by atoms with Gasteiger partial charge < -0.3 is 10.2 Å². The Morgan fingerprint density at radius 2 is 1.32 bits per heavy atom. The van der Waals surface area contributed by atoms with E-state index in [2.05, 4.69) is 10.3 Å². The molecule has 0 saturated heterocycles. The summed E-state index contributed by atoms with van der Waals surface area (Å²) in [6.07, 6.45) is 3.90. The van der Waals surface area contributed by atoms with E-state index in [1.54, 1.807) is 41.6 Å². The average Bonchev–Trinajstić information content (AvgIpc) is 2.92. The Hall–Kier alpha value is -3.67. The maximum Gasteiger partial charge on any atom is 0.243 e. The molecule has 1 aromatic heterocycles. The van der Waals surface area contributed by atoms with Gasteiger partial charge in [0.1, 0.15) is 6.04 Å². The first-order valence-electron chi connectivity index (χ1n) is 12.0. The van der Waals surface area contributed by atoms with Gasteiger partial charge in [-0.2, -0.15) is 0 Å². The number of halogens is 2. The highest BCUT2D eigenvalue weighted by molar-refractivity contribution is 6.30. The zero-order valence-electron chi connectivity index (χ0n) is 20.2. The lowest BCUT2D eigenvalue weighted by Gasteiger charge is -2.32. The van der Waals surface area contributed by atoms with Crippen molar-refractivity contribution in [3.63, 3.8) is 0 Å². The molecule has 0 spiro atoms. The zero-order valence-corrected chi connectivity index (χ0v) is 21.7. The molecule has 0 saturated carbocycles. The smallest absolute Gasteiger partial charge is 0.243 e. The van der Waals surface area contributed by atoms with Crippen LogP contribution in [0.3, 0.4) is 0 Å². The number of nitrogens with zero attached hydrogens (tertiary/aromatic N) is 2. The van der Waals surface area contributed by atoms with E-state index in [1.807, 2.05) is 66.7 Å². The molecule has 3 aromatic carbocycles. The van der Waals surface area contributed by atoms with Crippen LogP contribution < -0.4 is 5.32 Å². The molecule has 37 heavy (non-hydrogen) atoms. The van der Waals surface area contributed by atoms with E-state index in [0.717, 1.165) is 22.3 Å². The number of carbonyl (C=O) groups excluding carboxylic acids is 2. The lowest BCUT2D eigenvalue weighted by molar-refractivity contribution is -0.140. The summed E-state index contributed by atoms with van der Waals surface area (Å²) >= 11 is 12.1. The van der Waals surface area contributed by atoms with Gasteiger partial charge in [-0.3, -0.25) is 14.6 Å². The molecule has 0 fully saturated rings. The van der Waals surface area contributed by atoms with Gasteiger partial charge in [0.2, 0.25) is 11.8 Å². The number of nitrogens with one attached hydrogen (secondary N) is 1. The third-order valence-electron chi connectivity index (χ3n) is 6.02. The summed E-state index contributed by atoms with van der Waals surface area (Å²) in [5.74, 6) is -0.378. The number of amides is 2. The Morgan fingerprint density at radius 3 is 1.95 bits per heavy atom. The van der Waals surface area contributed by atoms with Gasteiger partial charge in [-0.25, -0.2) is 0 Å². The fourth-order valence-electron chi connectivity index (χ4n) is 4.03. The predicted molar refractivity (Wildman–Crippen MR) is 147 cm³/mol. The van der Waals surface area contributed by atoms with Crippen LogP contribution >= 0.6 is 23.2 Å². The lowest BCUT2D eigenvalue weighted by atomic mass is 10.0. The second kappa shape index (κ2) is 13.0. The van der Waals surface area contributed by atoms with Crippen LogP contribution in [0, 0.1) is 0 Å². The van der Waals surface area contributed by atoms with E-state index >= 15 is 0 Å². The Balaban J connectivity index is 1.64. The highest BCUT2D eigenvalue weighted by Gasteiger charge is 2.30. The SMILES string of the molecule is O=C(NCc1ccncc1)[C@@H](Cc1ccccc1)N(Cc1ccc(Cl)cc1)C(=O)Cc1ccc(Cl)cc1. The minimum atomic E-state index is -0.722. The van der Waals surface area contributed by atoms with Crippen LogP contribution in [-0.2, 0) is 35.5 Å². The van der Waals surface area contributed by atoms with Gasteiger partial charge in [0.05, 0.1) is 6.42 Å². The van der Waals surface area contributed by atoms with Crippen molar-refractivity contribution in [3.05, 3.63) is 136 Å². The maximum absolute atomic E-state index is 13.8. The second-order valence-electron chi connectivity index (χ2n) is 8.73. The summed E-state index contributed by atoms with van der Waals surface area (Å²) in [5.41, 5.74) is 3.60. The molecule has 0 bridgehead atoms. The van der Waals surface area contributed by atoms with Crippen molar-refractivity contribution < 1.29 is 9.59 Å². The quantitative estimate of drug-likeness (QED) is 0.277. The molecule has 188 valence electrons. The van der Waals surface area contributed by atoms with Crippen LogP contribution in [0.15, 0.2) is 103 Å². The average molecular weight is 532 g/mol. The van der Waals surface area contributed by atoms with Gasteiger partial charge in [0, 0.05) is 41.9 Å². The molecule has 0 radical (unpaired) electrons. The molecule has 7 heteroatoms. The van der Waals surface area contributed by atoms with Crippen LogP contribution in [0.4, 0.5) is 0 Å². The van der Waals surface area contributed by atoms with Crippen molar-refractivity contribution in [2.45, 2.75) is 32.0 Å². The van der Waals surface area contributed by atoms with E-state index in [-0.39, 0.29) is 24.8 Å². The number of rotatable bonds is 10. The van der Waals surface area contributed by atoms with Crippen molar-refractivity contribution >= 4 is 35.0 Å².